The first-order valence-corrected chi connectivity index (χ1v) is 8.61. The van der Waals surface area contributed by atoms with Gasteiger partial charge in [0.2, 0.25) is 5.88 Å². The van der Waals surface area contributed by atoms with Gasteiger partial charge in [-0.25, -0.2) is 4.79 Å². The van der Waals surface area contributed by atoms with Crippen molar-refractivity contribution in [1.82, 2.24) is 9.55 Å². The highest BCUT2D eigenvalue weighted by molar-refractivity contribution is 5.85. The molecule has 138 valence electrons. The minimum Gasteiger partial charge on any atom is -0.494 e. The number of hydrogen-bond donors (Lipinski definition) is 2. The quantitative estimate of drug-likeness (QED) is 0.615. The Labute approximate surface area is 152 Å². The molecule has 0 aliphatic heterocycles. The molecule has 6 heteroatoms. The van der Waals surface area contributed by atoms with E-state index in [4.69, 9.17) is 0 Å². The Morgan fingerprint density at radius 1 is 1.19 bits per heavy atom. The van der Waals surface area contributed by atoms with Gasteiger partial charge in [-0.1, -0.05) is 52.0 Å². The molecule has 26 heavy (non-hydrogen) atoms. The minimum atomic E-state index is -0.685. The Balaban J connectivity index is 2.65. The summed E-state index contributed by atoms with van der Waals surface area (Å²) < 4.78 is 1.04. The second-order valence-corrected chi connectivity index (χ2v) is 6.75. The fraction of sp³-hybridized carbons (Fsp3) is 0.350. The van der Waals surface area contributed by atoms with E-state index in [2.05, 4.69) is 44.3 Å². The van der Waals surface area contributed by atoms with Gasteiger partial charge in [0.15, 0.2) is 0 Å². The molecule has 2 aromatic rings. The van der Waals surface area contributed by atoms with Gasteiger partial charge in [0, 0.05) is 12.8 Å². The zero-order valence-corrected chi connectivity index (χ0v) is 15.6. The third kappa shape index (κ3) is 3.85. The molecule has 0 aliphatic rings. The van der Waals surface area contributed by atoms with Gasteiger partial charge in [-0.3, -0.25) is 19.3 Å². The average Bonchev–Trinajstić information content (AvgIpc) is 2.57. The summed E-state index contributed by atoms with van der Waals surface area (Å²) in [5.41, 5.74) is 1.49. The molecular formula is C20H25N3O3. The van der Waals surface area contributed by atoms with Crippen LogP contribution >= 0.6 is 0 Å². The first-order valence-electron chi connectivity index (χ1n) is 8.61. The topological polar surface area (TPSA) is 87.4 Å². The third-order valence-corrected chi connectivity index (χ3v) is 4.18. The van der Waals surface area contributed by atoms with Crippen LogP contribution in [-0.4, -0.2) is 20.9 Å². The number of nitrogens with one attached hydrogen (secondary N) is 1. The molecule has 0 saturated carbocycles. The molecule has 2 rings (SSSR count). The largest absolute Gasteiger partial charge is 0.494 e. The van der Waals surface area contributed by atoms with Crippen LogP contribution in [0.5, 0.6) is 5.88 Å². The molecule has 1 aromatic heterocycles. The lowest BCUT2D eigenvalue weighted by molar-refractivity contribution is 0.410. The fourth-order valence-corrected chi connectivity index (χ4v) is 2.78. The molecule has 0 bridgehead atoms. The molecular weight excluding hydrogens is 330 g/mol. The van der Waals surface area contributed by atoms with Crippen LogP contribution in [-0.2, 0) is 6.54 Å². The number of H-pyrrole nitrogens is 1. The molecule has 0 saturated heterocycles. The van der Waals surface area contributed by atoms with Crippen LogP contribution in [0.4, 0.5) is 5.69 Å². The molecule has 0 unspecified atom stereocenters. The van der Waals surface area contributed by atoms with Crippen molar-refractivity contribution in [3.05, 3.63) is 68.4 Å². The highest BCUT2D eigenvalue weighted by atomic mass is 16.3. The number of aromatic hydroxyl groups is 1. The van der Waals surface area contributed by atoms with E-state index in [1.54, 1.807) is 0 Å². The van der Waals surface area contributed by atoms with Crippen molar-refractivity contribution in [3.8, 4) is 5.88 Å². The van der Waals surface area contributed by atoms with E-state index in [0.717, 1.165) is 21.4 Å². The Kier molecular flexibility index (Phi) is 5.97. The maximum absolute atomic E-state index is 12.1. The molecule has 1 aromatic carbocycles. The summed E-state index contributed by atoms with van der Waals surface area (Å²) >= 11 is 0. The van der Waals surface area contributed by atoms with E-state index in [1.807, 2.05) is 18.2 Å². The van der Waals surface area contributed by atoms with Gasteiger partial charge in [-0.05, 0) is 23.0 Å². The summed E-state index contributed by atoms with van der Waals surface area (Å²) in [6, 6.07) is 6.01. The summed E-state index contributed by atoms with van der Waals surface area (Å²) in [5.74, 6) is 0.0837. The van der Waals surface area contributed by atoms with Gasteiger partial charge in [0.25, 0.3) is 5.56 Å². The van der Waals surface area contributed by atoms with E-state index in [0.29, 0.717) is 0 Å². The molecule has 0 aliphatic carbocycles. The van der Waals surface area contributed by atoms with Crippen LogP contribution in [0.3, 0.4) is 0 Å². The smallest absolute Gasteiger partial charge is 0.331 e. The zero-order chi connectivity index (χ0) is 19.4. The highest BCUT2D eigenvalue weighted by Crippen LogP contribution is 2.34. The number of para-hydroxylation sites is 1. The third-order valence-electron chi connectivity index (χ3n) is 4.18. The number of aromatic nitrogens is 2. The lowest BCUT2D eigenvalue weighted by Crippen LogP contribution is -2.32. The average molecular weight is 355 g/mol. The minimum absolute atomic E-state index is 0.0558. The standard InChI is InChI=1S/C20H25N3O3/c1-6-10-23-19(25)16(18(24)22-20(23)26)11-21-17-14(12(2)3)8-7-9-15(17)13(4)5/h6-9,11-13,25H,1,10H2,2-5H3,(H,22,24,26). The summed E-state index contributed by atoms with van der Waals surface area (Å²) in [7, 11) is 0. The predicted octanol–water partition coefficient (Wildman–Crippen LogP) is 3.43. The van der Waals surface area contributed by atoms with Gasteiger partial charge in [-0.15, -0.1) is 6.58 Å². The SMILES string of the molecule is C=CCn1c(O)c(C=Nc2c(C(C)C)cccc2C(C)C)c(=O)[nH]c1=O. The number of hydrogen-bond acceptors (Lipinski definition) is 4. The number of aliphatic imine (C=N–C) groups is 1. The van der Waals surface area contributed by atoms with Crippen molar-refractivity contribution in [2.75, 3.05) is 0 Å². The first kappa shape index (κ1) is 19.4. The molecule has 2 N–H and O–H groups in total. The van der Waals surface area contributed by atoms with Gasteiger partial charge >= 0.3 is 5.69 Å². The van der Waals surface area contributed by atoms with Crippen molar-refractivity contribution in [1.29, 1.82) is 0 Å². The fourth-order valence-electron chi connectivity index (χ4n) is 2.78. The van der Waals surface area contributed by atoms with Gasteiger partial charge in [0.05, 0.1) is 5.69 Å². The van der Waals surface area contributed by atoms with E-state index in [9.17, 15) is 14.7 Å². The van der Waals surface area contributed by atoms with E-state index in [-0.39, 0.29) is 23.9 Å². The van der Waals surface area contributed by atoms with Gasteiger partial charge < -0.3 is 5.11 Å². The first-order chi connectivity index (χ1) is 12.3. The molecule has 1 heterocycles. The summed E-state index contributed by atoms with van der Waals surface area (Å²) in [4.78, 5) is 30.7. The summed E-state index contributed by atoms with van der Waals surface area (Å²) in [6.07, 6.45) is 2.78. The maximum Gasteiger partial charge on any atom is 0.331 e. The monoisotopic (exact) mass is 355 g/mol. The Morgan fingerprint density at radius 3 is 2.27 bits per heavy atom. The van der Waals surface area contributed by atoms with Crippen LogP contribution in [0.2, 0.25) is 0 Å². The number of nitrogens with zero attached hydrogens (tertiary/aromatic N) is 2. The Morgan fingerprint density at radius 2 is 1.77 bits per heavy atom. The summed E-state index contributed by atoms with van der Waals surface area (Å²) in [6.45, 7) is 11.9. The molecule has 6 nitrogen and oxygen atoms in total. The van der Waals surface area contributed by atoms with Crippen LogP contribution in [0.25, 0.3) is 0 Å². The number of rotatable bonds is 6. The Bertz CT molecular complexity index is 923. The van der Waals surface area contributed by atoms with E-state index < -0.39 is 17.1 Å². The second kappa shape index (κ2) is 7.99. The van der Waals surface area contributed by atoms with Crippen molar-refractivity contribution < 1.29 is 5.11 Å². The van der Waals surface area contributed by atoms with E-state index in [1.165, 1.54) is 12.3 Å². The molecule has 0 radical (unpaired) electrons. The second-order valence-electron chi connectivity index (χ2n) is 6.75. The van der Waals surface area contributed by atoms with Crippen LogP contribution in [0, 0.1) is 0 Å². The summed E-state index contributed by atoms with van der Waals surface area (Å²) in [5, 5.41) is 10.3. The highest BCUT2D eigenvalue weighted by Gasteiger charge is 2.15. The van der Waals surface area contributed by atoms with Crippen LogP contribution in [0.1, 0.15) is 56.2 Å². The number of benzene rings is 1. The molecule has 0 amide bonds. The van der Waals surface area contributed by atoms with E-state index >= 15 is 0 Å². The van der Waals surface area contributed by atoms with Crippen molar-refractivity contribution in [2.45, 2.75) is 46.1 Å². The lowest BCUT2D eigenvalue weighted by Gasteiger charge is -2.16. The van der Waals surface area contributed by atoms with Crippen LogP contribution in [0.15, 0.2) is 45.4 Å². The zero-order valence-electron chi connectivity index (χ0n) is 15.6. The van der Waals surface area contributed by atoms with Crippen molar-refractivity contribution >= 4 is 11.9 Å². The van der Waals surface area contributed by atoms with Gasteiger partial charge in [0.1, 0.15) is 5.56 Å². The van der Waals surface area contributed by atoms with Crippen molar-refractivity contribution in [2.24, 2.45) is 4.99 Å². The normalized spacial score (nSPS) is 11.6. The number of allylic oxidation sites excluding steroid dienone is 1. The molecule has 0 spiro atoms. The maximum atomic E-state index is 12.1. The number of aromatic amines is 1. The van der Waals surface area contributed by atoms with Crippen LogP contribution < -0.4 is 11.2 Å². The lowest BCUT2D eigenvalue weighted by atomic mass is 9.93. The van der Waals surface area contributed by atoms with Gasteiger partial charge in [-0.2, -0.15) is 0 Å². The molecule has 0 fully saturated rings. The van der Waals surface area contributed by atoms with Crippen molar-refractivity contribution in [3.63, 3.8) is 0 Å². The Hall–Kier alpha value is -2.89. The molecule has 0 atom stereocenters. The predicted molar refractivity (Wildman–Crippen MR) is 105 cm³/mol.